The second kappa shape index (κ2) is 30.1. The van der Waals surface area contributed by atoms with Crippen molar-refractivity contribution in [3.63, 3.8) is 0 Å². The van der Waals surface area contributed by atoms with Gasteiger partial charge in [-0.1, -0.05) is 93.2 Å². The van der Waals surface area contributed by atoms with Gasteiger partial charge in [-0.3, -0.25) is 9.59 Å². The lowest BCUT2D eigenvalue weighted by molar-refractivity contribution is -0.214. The highest BCUT2D eigenvalue weighted by Gasteiger charge is 2.45. The van der Waals surface area contributed by atoms with Crippen LogP contribution in [0.3, 0.4) is 0 Å². The fourth-order valence-electron chi connectivity index (χ4n) is 9.29. The van der Waals surface area contributed by atoms with Crippen molar-refractivity contribution in [2.24, 2.45) is 0 Å². The first-order valence-electron chi connectivity index (χ1n) is 24.9. The number of ether oxygens (including phenoxy) is 5. The number of carbonyl (C=O) groups excluding carboxylic acids is 2. The van der Waals surface area contributed by atoms with Crippen molar-refractivity contribution in [3.8, 4) is 36.0 Å². The molecule has 6 aromatic rings. The summed E-state index contributed by atoms with van der Waals surface area (Å²) in [4.78, 5) is 24.5. The van der Waals surface area contributed by atoms with E-state index in [1.54, 1.807) is 35.8 Å². The Bertz CT molecular complexity index is 3130. The average Bonchev–Trinajstić information content (AvgIpc) is 4.17. The minimum atomic E-state index is -1.55. The third kappa shape index (κ3) is 15.1. The molecule has 3 aliphatic heterocycles. The molecule has 9 rings (SSSR count). The molecule has 21 nitrogen and oxygen atoms in total. The van der Waals surface area contributed by atoms with Crippen LogP contribution in [0.1, 0.15) is 32.4 Å². The molecule has 5 heterocycles. The average molecular weight is 1370 g/mol. The van der Waals surface area contributed by atoms with Crippen LogP contribution in [0.2, 0.25) is 0 Å². The molecule has 0 spiro atoms. The van der Waals surface area contributed by atoms with E-state index in [1.807, 2.05) is 47.9 Å². The third-order valence-corrected chi connectivity index (χ3v) is 14.4. The molecule has 0 aliphatic carbocycles. The van der Waals surface area contributed by atoms with Gasteiger partial charge in [0.15, 0.2) is 0 Å². The molecule has 2 aromatic heterocycles. The van der Waals surface area contributed by atoms with Crippen LogP contribution in [-0.2, 0) is 46.4 Å². The number of benzene rings is 4. The summed E-state index contributed by atoms with van der Waals surface area (Å²) in [5, 5.41) is 120. The Hall–Kier alpha value is -4.81. The number of hydrogen-bond donors (Lipinski definition) is 12. The molecule has 438 valence electrons. The molecular weight excluding hydrogens is 1300 g/mol. The summed E-state index contributed by atoms with van der Waals surface area (Å²) in [6.07, 6.45) is -14.6. The van der Waals surface area contributed by atoms with Crippen molar-refractivity contribution < 1.29 is 94.6 Å². The van der Waals surface area contributed by atoms with Crippen LogP contribution in [-0.4, -0.2) is 207 Å². The number of hydrogen-bond acceptors (Lipinski definition) is 19. The SMILES string of the molecule is C.C#C[C@H]1O[C@H](CO)[C@@H](O)[C@H](O)[C@@H]1O.CCOC(=O)Cn1c2cc(Br)ccc2c2ccc(Br)cc21.CCOC(=O)Cn1c2cc(C#C[C@H]3O[C@H](CO)[C@@H](O)[C@H](O)[C@@H]3O)ccc2c2ccc(C#C[C@H]3O[C@H](CO)[C@@H](O)[C@H](O)[C@@H]3O)cc21.I. The first-order valence-corrected chi connectivity index (χ1v) is 26.5. The van der Waals surface area contributed by atoms with Gasteiger partial charge in [0.25, 0.3) is 0 Å². The van der Waals surface area contributed by atoms with Gasteiger partial charge in [-0.15, -0.1) is 30.4 Å². The normalized spacial score (nSPS) is 27.8. The van der Waals surface area contributed by atoms with E-state index in [4.69, 9.17) is 35.2 Å². The molecule has 3 saturated heterocycles. The van der Waals surface area contributed by atoms with Gasteiger partial charge in [0.2, 0.25) is 0 Å². The van der Waals surface area contributed by atoms with E-state index in [9.17, 15) is 65.8 Å². The Kier molecular flexibility index (Phi) is 24.9. The predicted octanol–water partition coefficient (Wildman–Crippen LogP) is 1.34. The topological polar surface area (TPSA) is 333 Å². The van der Waals surface area contributed by atoms with Crippen LogP contribution in [0.25, 0.3) is 43.6 Å². The largest absolute Gasteiger partial charge is 0.465 e. The zero-order chi connectivity index (χ0) is 57.4. The van der Waals surface area contributed by atoms with Gasteiger partial charge in [-0.05, 0) is 62.4 Å². The van der Waals surface area contributed by atoms with Crippen LogP contribution < -0.4 is 0 Å². The van der Waals surface area contributed by atoms with Gasteiger partial charge in [0.05, 0.1) is 55.1 Å². The minimum Gasteiger partial charge on any atom is -0.465 e. The standard InChI is InChI=1S/C32H35NO12.C16H13Br2NO2.C8H12O5.CH4.HI/c1-2-43-26(36)13-33-20-11-16(5-9-22-27(37)31(41)29(39)24(14-34)44-22)3-7-18(20)19-8-4-17(12-21(19)33)6-10-23-28(38)32(42)30(40)25(15-35)45-23;1-2-21-16(20)9-19-14-7-10(17)3-5-12(14)13-6-4-11(18)8-15(13)19;1-2-4-6(10)8(12)7(11)5(3-9)13-4;;/h3-4,7-8,11-12,22-25,27-32,34-35,37-42H,2,13-15H2,1H3;3-8H,2,9H2,1H3;1,4-12H,3H2;1H4;1H/t22-,23-,24-,25-,27-,28-,29-,30-,31-,32-;;4-,5-,6-,7-,8-;;/m1.1../s1. The van der Waals surface area contributed by atoms with Gasteiger partial charge in [-0.25, -0.2) is 0 Å². The zero-order valence-corrected chi connectivity index (χ0v) is 48.4. The third-order valence-electron chi connectivity index (χ3n) is 13.4. The lowest BCUT2D eigenvalue weighted by Crippen LogP contribution is -2.58. The fourth-order valence-corrected chi connectivity index (χ4v) is 9.99. The zero-order valence-electron chi connectivity index (χ0n) is 42.9. The van der Waals surface area contributed by atoms with Crippen molar-refractivity contribution in [1.29, 1.82) is 0 Å². The van der Waals surface area contributed by atoms with Crippen molar-refractivity contribution in [2.45, 2.75) is 126 Å². The minimum absolute atomic E-state index is 0. The Morgan fingerprint density at radius 1 is 0.506 bits per heavy atom. The van der Waals surface area contributed by atoms with Crippen molar-refractivity contribution in [3.05, 3.63) is 92.9 Å². The molecule has 24 heteroatoms. The van der Waals surface area contributed by atoms with Gasteiger partial charge < -0.3 is 94.1 Å². The summed E-state index contributed by atoms with van der Waals surface area (Å²) in [6.45, 7) is 2.56. The Labute approximate surface area is 499 Å². The molecule has 4 aromatic carbocycles. The van der Waals surface area contributed by atoms with E-state index in [-0.39, 0.29) is 57.1 Å². The maximum absolute atomic E-state index is 12.6. The smallest absolute Gasteiger partial charge is 0.325 e. The molecule has 81 heavy (non-hydrogen) atoms. The van der Waals surface area contributed by atoms with E-state index in [1.165, 1.54) is 0 Å². The van der Waals surface area contributed by atoms with Crippen molar-refractivity contribution in [2.75, 3.05) is 33.0 Å². The number of carbonyl (C=O) groups is 2. The number of halogens is 3. The van der Waals surface area contributed by atoms with E-state index in [0.29, 0.717) is 28.8 Å². The summed E-state index contributed by atoms with van der Waals surface area (Å²) >= 11 is 6.99. The number of aliphatic hydroxyl groups excluding tert-OH is 12. The lowest BCUT2D eigenvalue weighted by Gasteiger charge is -2.37. The fraction of sp³-hybridized carbons (Fsp3) is 0.439. The molecule has 15 atom stereocenters. The molecule has 0 unspecified atom stereocenters. The molecule has 0 radical (unpaired) electrons. The summed E-state index contributed by atoms with van der Waals surface area (Å²) in [6, 6.07) is 22.8. The second-order valence-electron chi connectivity index (χ2n) is 18.5. The maximum atomic E-state index is 12.6. The summed E-state index contributed by atoms with van der Waals surface area (Å²) < 4.78 is 31.9. The van der Waals surface area contributed by atoms with Crippen LogP contribution in [0.15, 0.2) is 81.7 Å². The Balaban J connectivity index is 0.000000274. The summed E-state index contributed by atoms with van der Waals surface area (Å²) in [7, 11) is 0. The first kappa shape index (κ1) is 67.0. The van der Waals surface area contributed by atoms with Gasteiger partial charge >= 0.3 is 11.9 Å². The first-order chi connectivity index (χ1) is 37.8. The Morgan fingerprint density at radius 2 is 0.815 bits per heavy atom. The molecule has 0 amide bonds. The van der Waals surface area contributed by atoms with Crippen LogP contribution in [0.4, 0.5) is 0 Å². The van der Waals surface area contributed by atoms with Gasteiger partial charge in [0.1, 0.15) is 105 Å². The number of terminal acetylenes is 1. The summed E-state index contributed by atoms with van der Waals surface area (Å²) in [5.41, 5.74) is 4.30. The molecule has 0 saturated carbocycles. The number of nitrogens with zero attached hydrogens (tertiary/aromatic N) is 2. The van der Waals surface area contributed by atoms with Gasteiger partial charge in [0, 0.05) is 41.6 Å². The van der Waals surface area contributed by atoms with Crippen LogP contribution in [0, 0.1) is 36.0 Å². The lowest BCUT2D eigenvalue weighted by atomic mass is 9.95. The quantitative estimate of drug-likeness (QED) is 0.0552. The number of aromatic nitrogens is 2. The number of esters is 2. The number of rotatable bonds is 9. The monoisotopic (exact) mass is 1370 g/mol. The van der Waals surface area contributed by atoms with Crippen molar-refractivity contribution >= 4 is 111 Å². The highest BCUT2D eigenvalue weighted by atomic mass is 127. The Morgan fingerprint density at radius 3 is 1.14 bits per heavy atom. The predicted molar refractivity (Wildman–Crippen MR) is 314 cm³/mol. The highest BCUT2D eigenvalue weighted by Crippen LogP contribution is 2.34. The molecule has 3 aliphatic rings. The van der Waals surface area contributed by atoms with E-state index in [0.717, 1.165) is 41.5 Å². The molecule has 12 N–H and O–H groups in total. The van der Waals surface area contributed by atoms with Crippen LogP contribution in [0.5, 0.6) is 0 Å². The highest BCUT2D eigenvalue weighted by molar-refractivity contribution is 14.0. The van der Waals surface area contributed by atoms with E-state index >= 15 is 0 Å². The van der Waals surface area contributed by atoms with Crippen molar-refractivity contribution in [1.82, 2.24) is 9.13 Å². The number of fused-ring (bicyclic) bond motifs is 6. The second-order valence-corrected chi connectivity index (χ2v) is 20.4. The van der Waals surface area contributed by atoms with Gasteiger partial charge in [-0.2, -0.15) is 0 Å². The molecule has 3 fully saturated rings. The van der Waals surface area contributed by atoms with E-state index < -0.39 is 117 Å². The number of aliphatic hydroxyl groups is 12. The molecular formula is C57H65Br2IN2O19. The summed E-state index contributed by atoms with van der Waals surface area (Å²) in [5.74, 6) is 12.7. The van der Waals surface area contributed by atoms with Crippen LogP contribution >= 0.6 is 55.8 Å². The van der Waals surface area contributed by atoms with E-state index in [2.05, 4.69) is 73.6 Å². The maximum Gasteiger partial charge on any atom is 0.325 e. The molecule has 0 bridgehead atoms.